The van der Waals surface area contributed by atoms with Crippen LogP contribution in [0.3, 0.4) is 0 Å². The highest BCUT2D eigenvalue weighted by Gasteiger charge is 1.96. The van der Waals surface area contributed by atoms with Crippen LogP contribution in [0.25, 0.3) is 0 Å². The number of rotatable bonds is 0. The van der Waals surface area contributed by atoms with Crippen LogP contribution in [0.1, 0.15) is 5.56 Å². The maximum absolute atomic E-state index is 5.80. The van der Waals surface area contributed by atoms with E-state index in [1.807, 2.05) is 0 Å². The summed E-state index contributed by atoms with van der Waals surface area (Å²) in [5.41, 5.74) is 6.03. The molecule has 0 aromatic carbocycles. The van der Waals surface area contributed by atoms with Gasteiger partial charge >= 0.3 is 0 Å². The van der Waals surface area contributed by atoms with Crippen molar-refractivity contribution in [2.45, 2.75) is 0 Å². The lowest BCUT2D eigenvalue weighted by molar-refractivity contribution is 1.32. The molecule has 62 valence electrons. The van der Waals surface area contributed by atoms with Crippen LogP contribution in [0.2, 0.25) is 5.02 Å². The quantitative estimate of drug-likeness (QED) is 0.514. The number of aromatic nitrogens is 1. The van der Waals surface area contributed by atoms with Gasteiger partial charge in [-0.1, -0.05) is 23.4 Å². The molecule has 0 spiro atoms. The first-order valence-corrected chi connectivity index (χ1v) is 4.11. The number of nitrogens with zero attached hydrogens (tertiary/aromatic N) is 1. The van der Waals surface area contributed by atoms with Crippen molar-refractivity contribution >= 4 is 29.0 Å². The standard InChI is InChI=1S/C8H6Cl2N2/c9-3-1-2-6-5-12-8(11)4-7(6)10/h4-5H,3H2,(H2,11,12). The minimum absolute atomic E-state index is 0.278. The van der Waals surface area contributed by atoms with Gasteiger partial charge in [0.25, 0.3) is 0 Å². The fourth-order valence-corrected chi connectivity index (χ4v) is 0.941. The van der Waals surface area contributed by atoms with Gasteiger partial charge in [-0.15, -0.1) is 11.6 Å². The lowest BCUT2D eigenvalue weighted by Gasteiger charge is -1.95. The predicted octanol–water partition coefficient (Wildman–Crippen LogP) is 1.91. The van der Waals surface area contributed by atoms with E-state index in [4.69, 9.17) is 28.9 Å². The molecule has 1 aromatic heterocycles. The lowest BCUT2D eigenvalue weighted by Crippen LogP contribution is -1.90. The van der Waals surface area contributed by atoms with E-state index in [-0.39, 0.29) is 5.88 Å². The second kappa shape index (κ2) is 4.20. The number of hydrogen-bond donors (Lipinski definition) is 1. The Morgan fingerprint density at radius 1 is 1.58 bits per heavy atom. The first-order valence-electron chi connectivity index (χ1n) is 3.20. The van der Waals surface area contributed by atoms with E-state index >= 15 is 0 Å². The molecule has 0 aliphatic heterocycles. The number of nitrogen functional groups attached to an aromatic ring is 1. The van der Waals surface area contributed by atoms with Crippen LogP contribution in [0, 0.1) is 11.8 Å². The molecule has 0 radical (unpaired) electrons. The van der Waals surface area contributed by atoms with Crippen LogP contribution in [0.5, 0.6) is 0 Å². The second-order valence-corrected chi connectivity index (χ2v) is 2.70. The number of alkyl halides is 1. The average molecular weight is 201 g/mol. The molecular formula is C8H6Cl2N2. The fraction of sp³-hybridized carbons (Fsp3) is 0.125. The smallest absolute Gasteiger partial charge is 0.124 e. The Hall–Kier alpha value is -0.910. The van der Waals surface area contributed by atoms with E-state index in [1.165, 1.54) is 6.20 Å². The summed E-state index contributed by atoms with van der Waals surface area (Å²) >= 11 is 11.2. The second-order valence-electron chi connectivity index (χ2n) is 2.02. The Morgan fingerprint density at radius 2 is 2.33 bits per heavy atom. The van der Waals surface area contributed by atoms with Gasteiger partial charge in [-0.25, -0.2) is 4.98 Å². The van der Waals surface area contributed by atoms with Crippen molar-refractivity contribution in [2.24, 2.45) is 0 Å². The molecule has 0 aliphatic rings. The maximum Gasteiger partial charge on any atom is 0.124 e. The average Bonchev–Trinajstić information content (AvgIpc) is 2.03. The van der Waals surface area contributed by atoms with E-state index in [0.29, 0.717) is 16.4 Å². The Labute approximate surface area is 80.7 Å². The van der Waals surface area contributed by atoms with Crippen LogP contribution in [0.4, 0.5) is 5.82 Å². The summed E-state index contributed by atoms with van der Waals surface area (Å²) in [5, 5.41) is 0.500. The summed E-state index contributed by atoms with van der Waals surface area (Å²) in [5.74, 6) is 6.10. The number of pyridine rings is 1. The third-order valence-corrected chi connectivity index (χ3v) is 1.61. The van der Waals surface area contributed by atoms with Crippen molar-refractivity contribution < 1.29 is 0 Å². The van der Waals surface area contributed by atoms with Crippen LogP contribution in [-0.2, 0) is 0 Å². The highest BCUT2D eigenvalue weighted by molar-refractivity contribution is 6.32. The van der Waals surface area contributed by atoms with Gasteiger partial charge in [0.05, 0.1) is 16.5 Å². The molecule has 1 heterocycles. The normalized spacial score (nSPS) is 8.83. The third-order valence-electron chi connectivity index (χ3n) is 1.16. The largest absolute Gasteiger partial charge is 0.384 e. The summed E-state index contributed by atoms with van der Waals surface area (Å²) in [6.45, 7) is 0. The van der Waals surface area contributed by atoms with Crippen molar-refractivity contribution in [2.75, 3.05) is 11.6 Å². The van der Waals surface area contributed by atoms with Gasteiger partial charge in [0.2, 0.25) is 0 Å². The van der Waals surface area contributed by atoms with Gasteiger partial charge in [-0.3, -0.25) is 0 Å². The minimum Gasteiger partial charge on any atom is -0.384 e. The molecule has 1 aromatic rings. The number of halogens is 2. The molecule has 0 bridgehead atoms. The highest BCUT2D eigenvalue weighted by Crippen LogP contribution is 2.15. The van der Waals surface area contributed by atoms with Gasteiger partial charge in [-0.2, -0.15) is 0 Å². The Kier molecular flexibility index (Phi) is 3.21. The fourth-order valence-electron chi connectivity index (χ4n) is 0.666. The molecule has 1 rings (SSSR count). The van der Waals surface area contributed by atoms with Crippen LogP contribution in [0.15, 0.2) is 12.3 Å². The van der Waals surface area contributed by atoms with Gasteiger partial charge in [0.1, 0.15) is 5.82 Å². The monoisotopic (exact) mass is 200 g/mol. The van der Waals surface area contributed by atoms with Gasteiger partial charge in [0, 0.05) is 12.3 Å². The summed E-state index contributed by atoms with van der Waals surface area (Å²) < 4.78 is 0. The zero-order chi connectivity index (χ0) is 8.97. The summed E-state index contributed by atoms with van der Waals surface area (Å²) in [6, 6.07) is 1.56. The molecule has 2 nitrogen and oxygen atoms in total. The maximum atomic E-state index is 5.80. The summed E-state index contributed by atoms with van der Waals surface area (Å²) in [7, 11) is 0. The third kappa shape index (κ3) is 2.30. The number of anilines is 1. The molecule has 0 saturated carbocycles. The summed E-state index contributed by atoms with van der Waals surface area (Å²) in [4.78, 5) is 3.84. The minimum atomic E-state index is 0.278. The first kappa shape index (κ1) is 9.18. The van der Waals surface area contributed by atoms with Crippen molar-refractivity contribution in [3.63, 3.8) is 0 Å². The SMILES string of the molecule is Nc1cc(Cl)c(C#CCCl)cn1. The number of hydrogen-bond acceptors (Lipinski definition) is 2. The molecule has 0 amide bonds. The molecule has 0 unspecified atom stereocenters. The Morgan fingerprint density at radius 3 is 2.92 bits per heavy atom. The molecular weight excluding hydrogens is 195 g/mol. The molecule has 0 fully saturated rings. The van der Waals surface area contributed by atoms with E-state index < -0.39 is 0 Å². The number of nitrogens with two attached hydrogens (primary N) is 1. The van der Waals surface area contributed by atoms with Crippen molar-refractivity contribution in [3.05, 3.63) is 22.8 Å². The van der Waals surface area contributed by atoms with E-state index in [9.17, 15) is 0 Å². The van der Waals surface area contributed by atoms with Crippen LogP contribution >= 0.6 is 23.2 Å². The summed E-state index contributed by atoms with van der Waals surface area (Å²) in [6.07, 6.45) is 1.53. The Bertz CT molecular complexity index is 339. The molecule has 4 heteroatoms. The van der Waals surface area contributed by atoms with Crippen molar-refractivity contribution in [3.8, 4) is 11.8 Å². The first-order chi connectivity index (χ1) is 5.74. The van der Waals surface area contributed by atoms with Crippen LogP contribution in [-0.4, -0.2) is 10.9 Å². The van der Waals surface area contributed by atoms with Gasteiger partial charge in [0.15, 0.2) is 0 Å². The topological polar surface area (TPSA) is 38.9 Å². The zero-order valence-corrected chi connectivity index (χ0v) is 7.65. The molecule has 0 aliphatic carbocycles. The van der Waals surface area contributed by atoms with E-state index in [0.717, 1.165) is 0 Å². The highest BCUT2D eigenvalue weighted by atomic mass is 35.5. The lowest BCUT2D eigenvalue weighted by atomic mass is 10.3. The molecule has 0 atom stereocenters. The zero-order valence-electron chi connectivity index (χ0n) is 6.14. The van der Waals surface area contributed by atoms with Gasteiger partial charge < -0.3 is 5.73 Å². The van der Waals surface area contributed by atoms with Crippen LogP contribution < -0.4 is 5.73 Å². The van der Waals surface area contributed by atoms with E-state index in [2.05, 4.69) is 16.8 Å². The van der Waals surface area contributed by atoms with E-state index in [1.54, 1.807) is 6.07 Å². The Balaban J connectivity index is 3.01. The van der Waals surface area contributed by atoms with Gasteiger partial charge in [-0.05, 0) is 0 Å². The van der Waals surface area contributed by atoms with Crippen molar-refractivity contribution in [1.82, 2.24) is 4.98 Å². The molecule has 0 saturated heterocycles. The predicted molar refractivity (Wildman–Crippen MR) is 51.3 cm³/mol. The molecule has 2 N–H and O–H groups in total. The molecule has 12 heavy (non-hydrogen) atoms. The van der Waals surface area contributed by atoms with Crippen molar-refractivity contribution in [1.29, 1.82) is 0 Å².